The number of rotatable bonds is 24. The first kappa shape index (κ1) is 95.9. The molecule has 3 aliphatic heterocycles. The lowest BCUT2D eigenvalue weighted by Gasteiger charge is -2.44. The van der Waals surface area contributed by atoms with E-state index < -0.39 is 69.7 Å². The van der Waals surface area contributed by atoms with E-state index >= 15 is 0 Å². The summed E-state index contributed by atoms with van der Waals surface area (Å²) in [4.78, 5) is 38.6. The molecule has 21 heteroatoms. The molecule has 3 aliphatic rings. The molecule has 7 aromatic rings. The van der Waals surface area contributed by atoms with Crippen molar-refractivity contribution in [2.45, 2.75) is 213 Å². The first-order chi connectivity index (χ1) is 51.0. The van der Waals surface area contributed by atoms with Crippen LogP contribution in [-0.2, 0) is 61.6 Å². The van der Waals surface area contributed by atoms with E-state index in [1.54, 1.807) is 4.90 Å². The van der Waals surface area contributed by atoms with E-state index in [0.29, 0.717) is 100 Å². The summed E-state index contributed by atoms with van der Waals surface area (Å²) >= 11 is 4.60. The number of aliphatic hydroxyl groups excluding tert-OH is 3. The van der Waals surface area contributed by atoms with Crippen molar-refractivity contribution in [3.8, 4) is 0 Å². The molecule has 0 aromatic heterocycles. The summed E-state index contributed by atoms with van der Waals surface area (Å²) in [6.07, 6.45) is 5.40. The zero-order valence-corrected chi connectivity index (χ0v) is 65.5. The highest BCUT2D eigenvalue weighted by atomic mass is 35.5. The summed E-state index contributed by atoms with van der Waals surface area (Å²) in [7, 11) is 2.60. The van der Waals surface area contributed by atoms with Crippen LogP contribution in [0.15, 0.2) is 158 Å². The number of Topliss-reactive ketones (excluding diaryl/α,β-unsaturated/α-hetero) is 1. The molecule has 0 aliphatic carbocycles. The minimum absolute atomic E-state index is 0. The molecule has 14 nitrogen and oxygen atoms in total. The van der Waals surface area contributed by atoms with Gasteiger partial charge < -0.3 is 51.0 Å². The van der Waals surface area contributed by atoms with Gasteiger partial charge in [-0.3, -0.25) is 9.69 Å². The van der Waals surface area contributed by atoms with Crippen LogP contribution in [0.1, 0.15) is 203 Å². The fourth-order valence-electron chi connectivity index (χ4n) is 14.3. The number of hydrogen-bond donors (Lipinski definition) is 7. The number of ether oxygens (including phenoxy) is 2. The molecule has 111 heavy (non-hydrogen) atoms. The van der Waals surface area contributed by atoms with Crippen LogP contribution in [-0.4, -0.2) is 140 Å². The van der Waals surface area contributed by atoms with Crippen molar-refractivity contribution in [3.05, 3.63) is 248 Å². The second-order valence-electron chi connectivity index (χ2n) is 32.1. The van der Waals surface area contributed by atoms with Crippen LogP contribution in [0.25, 0.3) is 0 Å². The van der Waals surface area contributed by atoms with Crippen LogP contribution >= 0.6 is 11.6 Å². The molecular weight excluding hydrogens is 1440 g/mol. The summed E-state index contributed by atoms with van der Waals surface area (Å²) in [5.41, 5.74) is 7.50. The van der Waals surface area contributed by atoms with Gasteiger partial charge >= 0.3 is 11.5 Å². The number of methoxy groups -OCH3 is 2. The van der Waals surface area contributed by atoms with Crippen molar-refractivity contribution in [2.24, 2.45) is 0 Å². The van der Waals surface area contributed by atoms with Crippen molar-refractivity contribution in [1.29, 1.82) is 0 Å². The zero-order valence-electron chi connectivity index (χ0n) is 64.7. The number of benzene rings is 7. The standard InChI is InChI=1S/C33H40F2N2O2.C27H36F2N2O3.C25H34F2N2O.C2H3ClO2.3CH4/c1-32(2,3)26-11-7-12-27(19-26)33(36-21-30(38)14-13-24-17-28(34)20-29(35)18-24)15-8-16-37(23-33)22-31(39)25-9-5-4-6-10-25;1-26(2,3)20-7-5-8-21(15-20)27(11-6-12-31(18-27)25(33)34-4)30-17-24(32)10-9-19-13-22(28)16-23(29)14-19;1-24(2,3)19-6-4-7-20(14-19)25(10-5-11-28-17-25)29-16-23(30)9-8-18-12-21(26)15-22(27)13-18;1-5-2(3)4;;;/h4-7,9-12,17-20,30,36,38H,8,13-16,21-23H2,1-3H3;5,7-8,13-16,24,30,32H,6,9-12,17-18H2,1-4H3;4,6-7,12-15,23,28-30H,5,8-11,16-17H2,1-3H3;1H3;3*1H4. The van der Waals surface area contributed by atoms with E-state index in [4.69, 9.17) is 4.74 Å². The van der Waals surface area contributed by atoms with Gasteiger partial charge in [0.25, 0.3) is 0 Å². The highest BCUT2D eigenvalue weighted by Gasteiger charge is 2.42. The van der Waals surface area contributed by atoms with Gasteiger partial charge in [-0.05, 0) is 193 Å². The molecule has 3 fully saturated rings. The smallest absolute Gasteiger partial charge is 0.409 e. The number of aliphatic hydroxyl groups is 3. The molecule has 0 spiro atoms. The normalized spacial score (nSPS) is 18.7. The molecule has 0 radical (unpaired) electrons. The predicted molar refractivity (Wildman–Crippen MR) is 437 cm³/mol. The van der Waals surface area contributed by atoms with Crippen LogP contribution in [0.5, 0.6) is 0 Å². The SMILES string of the molecule is C.C.C.CC(C)(C)c1cccc(C2(NCC(O)CCc3cc(F)cc(F)c3)CCCN(CC(=O)c3ccccc3)C2)c1.CC(C)(C)c1cccc(C2(NCC(O)CCc3cc(F)cc(F)c3)CCCNC2)c1.COC(=O)Cl.COC(=O)N1CCCC(NCC(O)CCc2cc(F)cc(F)c2)(c2cccc(C(C)(C)C)c2)C1. The number of hydrogen-bond acceptors (Lipinski definition) is 13. The molecule has 7 N–H and O–H groups in total. The van der Waals surface area contributed by atoms with E-state index in [-0.39, 0.29) is 62.5 Å². The summed E-state index contributed by atoms with van der Waals surface area (Å²) in [6.45, 7) is 25.4. The van der Waals surface area contributed by atoms with Crippen molar-refractivity contribution < 1.29 is 65.5 Å². The minimum atomic E-state index is -0.773. The summed E-state index contributed by atoms with van der Waals surface area (Å²) in [5, 5.41) is 46.5. The lowest BCUT2D eigenvalue weighted by Crippen LogP contribution is -2.57. The van der Waals surface area contributed by atoms with Crippen molar-refractivity contribution in [2.75, 3.05) is 79.7 Å². The Morgan fingerprint density at radius 3 is 1.18 bits per heavy atom. The van der Waals surface area contributed by atoms with Gasteiger partial charge in [-0.25, -0.2) is 35.9 Å². The molecule has 6 atom stereocenters. The van der Waals surface area contributed by atoms with Crippen LogP contribution in [0.4, 0.5) is 35.9 Å². The average Bonchev–Trinajstić information content (AvgIpc) is 0.789. The topological polar surface area (TPSA) is 185 Å². The van der Waals surface area contributed by atoms with Gasteiger partial charge in [0.05, 0.1) is 55.7 Å². The van der Waals surface area contributed by atoms with Gasteiger partial charge in [-0.2, -0.15) is 0 Å². The second-order valence-corrected chi connectivity index (χ2v) is 32.4. The zero-order chi connectivity index (χ0) is 79.0. The first-order valence-electron chi connectivity index (χ1n) is 37.6. The van der Waals surface area contributed by atoms with Crippen molar-refractivity contribution in [1.82, 2.24) is 31.1 Å². The number of likely N-dealkylation sites (tertiary alicyclic amines) is 2. The number of piperidine rings is 3. The summed E-state index contributed by atoms with van der Waals surface area (Å²) in [6, 6.07) is 45.5. The number of nitrogens with zero attached hydrogens (tertiary/aromatic N) is 2. The highest BCUT2D eigenvalue weighted by molar-refractivity contribution is 6.61. The van der Waals surface area contributed by atoms with Crippen molar-refractivity contribution in [3.63, 3.8) is 0 Å². The molecule has 612 valence electrons. The van der Waals surface area contributed by atoms with Gasteiger partial charge in [0.2, 0.25) is 0 Å². The number of ketones is 1. The molecule has 3 saturated heterocycles. The average molecular weight is 1570 g/mol. The van der Waals surface area contributed by atoms with Gasteiger partial charge in [0.1, 0.15) is 34.9 Å². The van der Waals surface area contributed by atoms with Gasteiger partial charge in [-0.15, -0.1) is 0 Å². The minimum Gasteiger partial charge on any atom is -0.457 e. The quantitative estimate of drug-likeness (QED) is 0.0172. The fraction of sp³-hybridized carbons (Fsp3) is 0.500. The lowest BCUT2D eigenvalue weighted by atomic mass is 9.78. The Morgan fingerprint density at radius 2 is 0.829 bits per heavy atom. The molecule has 1 amide bonds. The second kappa shape index (κ2) is 44.2. The number of nitrogens with one attached hydrogen (secondary N) is 4. The molecule has 0 bridgehead atoms. The Labute approximate surface area is 662 Å². The predicted octanol–water partition coefficient (Wildman–Crippen LogP) is 18.2. The third-order valence-corrected chi connectivity index (χ3v) is 20.6. The third-order valence-electron chi connectivity index (χ3n) is 20.4. The van der Waals surface area contributed by atoms with E-state index in [2.05, 4.69) is 172 Å². The van der Waals surface area contributed by atoms with Crippen LogP contribution in [0.3, 0.4) is 0 Å². The Morgan fingerprint density at radius 1 is 0.477 bits per heavy atom. The van der Waals surface area contributed by atoms with E-state index in [1.807, 2.05) is 36.4 Å². The third kappa shape index (κ3) is 30.1. The molecule has 7 aromatic carbocycles. The number of aryl methyl sites for hydroxylation is 3. The molecule has 3 heterocycles. The Hall–Kier alpha value is -7.50. The largest absolute Gasteiger partial charge is 0.457 e. The van der Waals surface area contributed by atoms with Gasteiger partial charge in [0, 0.05) is 81.2 Å². The van der Waals surface area contributed by atoms with E-state index in [9.17, 15) is 56.0 Å². The Bertz CT molecular complexity index is 3960. The van der Waals surface area contributed by atoms with E-state index in [0.717, 1.165) is 87.5 Å². The monoisotopic (exact) mass is 1570 g/mol. The van der Waals surface area contributed by atoms with Crippen LogP contribution in [0.2, 0.25) is 0 Å². The Balaban J connectivity index is 0.000000338. The van der Waals surface area contributed by atoms with Crippen LogP contribution < -0.4 is 21.3 Å². The highest BCUT2D eigenvalue weighted by Crippen LogP contribution is 2.38. The maximum atomic E-state index is 13.6. The van der Waals surface area contributed by atoms with Gasteiger partial charge in [0.15, 0.2) is 5.78 Å². The lowest BCUT2D eigenvalue weighted by molar-refractivity contribution is 0.0735. The molecule has 10 rings (SSSR count). The Kier molecular flexibility index (Phi) is 38.2. The number of amides is 1. The molecule has 0 saturated carbocycles. The summed E-state index contributed by atoms with van der Waals surface area (Å²) < 4.78 is 89.7. The van der Waals surface area contributed by atoms with Crippen LogP contribution in [0, 0.1) is 34.9 Å². The van der Waals surface area contributed by atoms with Gasteiger partial charge in [-0.1, -0.05) is 188 Å². The molecular formula is C90H125ClF6N6O8. The first-order valence-corrected chi connectivity index (χ1v) is 37.9. The number of carbonyl (C=O) groups excluding carboxylic acids is 3. The van der Waals surface area contributed by atoms with Crippen molar-refractivity contribution >= 4 is 28.9 Å². The number of halogens is 7. The maximum Gasteiger partial charge on any atom is 0.409 e. The number of carbonyl (C=O) groups is 3. The fourth-order valence-corrected chi connectivity index (χ4v) is 14.3. The maximum absolute atomic E-state index is 13.6. The summed E-state index contributed by atoms with van der Waals surface area (Å²) in [5.74, 6) is -3.52. The molecule has 6 unspecified atom stereocenters. The van der Waals surface area contributed by atoms with E-state index in [1.165, 1.54) is 72.9 Å².